The molecule has 0 aliphatic heterocycles. The average molecular weight is 848 g/mol. The Morgan fingerprint density at radius 1 is 0.500 bits per heavy atom. The molecule has 0 bridgehead atoms. The Kier molecular flexibility index (Phi) is 21.4. The van der Waals surface area contributed by atoms with E-state index in [0.717, 1.165) is 11.1 Å². The van der Waals surface area contributed by atoms with Crippen molar-refractivity contribution in [2.45, 2.75) is 133 Å². The molecule has 6 aromatic rings. The van der Waals surface area contributed by atoms with Crippen molar-refractivity contribution in [3.63, 3.8) is 0 Å². The predicted molar refractivity (Wildman–Crippen MR) is 248 cm³/mol. The van der Waals surface area contributed by atoms with E-state index in [9.17, 15) is 10.2 Å². The molecule has 2 nitrogen and oxygen atoms in total. The van der Waals surface area contributed by atoms with Gasteiger partial charge in [-0.3, -0.25) is 0 Å². The standard InChI is InChI=1S/2C14H17.2C11H16O.2CH3.Si.Zr/c2*1-9(2)12-7-11(4)14-6-10(3)5-13(14)8-12;2*1-8-5-6-10(12)9(7-8)11(2,3)4;;;;/h2*5-9H,1-4H3;2*5-7,12H,1-4H3;2*1H3;;/q2*-1;;;2*-1;;. The number of phenolic OH excluding ortho intramolecular Hbond substituents is 2. The van der Waals surface area contributed by atoms with Crippen LogP contribution in [0.25, 0.3) is 21.5 Å². The SMILES string of the molecule is Cc1cc2c(C)cc(C(C)C)cc2[cH-]1.Cc1cc2c(C)cc(C(C)C)cc2[cH-]1.Cc1ccc(O)c(C(C)(C)C)c1.Cc1ccc(O)c(C(C)(C)C)c1.[CH3-].[CH3-].[Si]=[Zr]. The van der Waals surface area contributed by atoms with Gasteiger partial charge < -0.3 is 25.1 Å². The molecule has 304 valence electrons. The summed E-state index contributed by atoms with van der Waals surface area (Å²) in [5.74, 6) is 2.03. The van der Waals surface area contributed by atoms with E-state index in [1.54, 1.807) is 12.1 Å². The van der Waals surface area contributed by atoms with Crippen molar-refractivity contribution in [2.24, 2.45) is 0 Å². The molecule has 6 aromatic carbocycles. The third-order valence-corrected chi connectivity index (χ3v) is 9.65. The Bertz CT molecular complexity index is 1960. The van der Waals surface area contributed by atoms with E-state index in [1.807, 2.05) is 38.1 Å². The molecule has 0 saturated heterocycles. The average Bonchev–Trinajstić information content (AvgIpc) is 3.65. The normalized spacial score (nSPS) is 10.8. The van der Waals surface area contributed by atoms with Crippen LogP contribution in [0.5, 0.6) is 11.5 Å². The van der Waals surface area contributed by atoms with E-state index in [0.29, 0.717) is 23.3 Å². The molecule has 0 aliphatic carbocycles. The van der Waals surface area contributed by atoms with Crippen molar-refractivity contribution >= 4 is 28.4 Å². The van der Waals surface area contributed by atoms with Crippen LogP contribution in [0.1, 0.15) is 137 Å². The first-order chi connectivity index (χ1) is 25.0. The number of hydrogen-bond acceptors (Lipinski definition) is 2. The minimum atomic E-state index is 0. The quantitative estimate of drug-likeness (QED) is 0.135. The third kappa shape index (κ3) is 15.3. The van der Waals surface area contributed by atoms with Crippen LogP contribution in [-0.4, -0.2) is 17.1 Å². The van der Waals surface area contributed by atoms with Crippen LogP contribution in [0.2, 0.25) is 0 Å². The first-order valence-electron chi connectivity index (χ1n) is 19.2. The second-order valence-electron chi connectivity index (χ2n) is 17.6. The number of rotatable bonds is 2. The number of fused-ring (bicyclic) bond motifs is 2. The van der Waals surface area contributed by atoms with Crippen LogP contribution in [0.3, 0.4) is 0 Å². The molecule has 4 heteroatoms. The monoisotopic (exact) mass is 846 g/mol. The van der Waals surface area contributed by atoms with Crippen LogP contribution >= 0.6 is 0 Å². The number of phenols is 2. The number of benzene rings is 4. The fourth-order valence-corrected chi connectivity index (χ4v) is 6.54. The van der Waals surface area contributed by atoms with Crippen molar-refractivity contribution in [3.8, 4) is 11.5 Å². The van der Waals surface area contributed by atoms with E-state index in [2.05, 4.69) is 152 Å². The summed E-state index contributed by atoms with van der Waals surface area (Å²) >= 11 is 1.36. The van der Waals surface area contributed by atoms with Crippen molar-refractivity contribution < 1.29 is 33.5 Å². The molecule has 0 atom stereocenters. The molecular weight excluding hydrogens is 776 g/mol. The van der Waals surface area contributed by atoms with Gasteiger partial charge in [0, 0.05) is 0 Å². The Labute approximate surface area is 360 Å². The predicted octanol–water partition coefficient (Wildman–Crippen LogP) is 15.1. The van der Waals surface area contributed by atoms with Gasteiger partial charge in [0.1, 0.15) is 11.5 Å². The van der Waals surface area contributed by atoms with E-state index in [-0.39, 0.29) is 25.7 Å². The van der Waals surface area contributed by atoms with Gasteiger partial charge in [0.15, 0.2) is 0 Å². The van der Waals surface area contributed by atoms with E-state index in [1.165, 1.54) is 89.4 Å². The second kappa shape index (κ2) is 22.7. The number of aromatic hydroxyl groups is 2. The van der Waals surface area contributed by atoms with Gasteiger partial charge in [0.05, 0.1) is 0 Å². The molecule has 0 fully saturated rings. The molecule has 2 N–H and O–H groups in total. The minimum absolute atomic E-state index is 0. The molecule has 0 spiro atoms. The van der Waals surface area contributed by atoms with Crippen LogP contribution in [0.15, 0.2) is 84.9 Å². The summed E-state index contributed by atoms with van der Waals surface area (Å²) in [5.41, 5.74) is 12.9. The zero-order valence-electron chi connectivity index (χ0n) is 38.1. The van der Waals surface area contributed by atoms with Gasteiger partial charge in [-0.25, -0.2) is 0 Å². The zero-order chi connectivity index (χ0) is 41.3. The molecule has 0 heterocycles. The summed E-state index contributed by atoms with van der Waals surface area (Å²) < 4.78 is 0. The van der Waals surface area contributed by atoms with Gasteiger partial charge in [0.25, 0.3) is 0 Å². The van der Waals surface area contributed by atoms with Crippen molar-refractivity contribution in [3.05, 3.63) is 155 Å². The van der Waals surface area contributed by atoms with Crippen molar-refractivity contribution in [1.82, 2.24) is 0 Å². The summed E-state index contributed by atoms with van der Waals surface area (Å²) in [6.45, 7) is 37.4. The first-order valence-corrected chi connectivity index (χ1v) is 23.4. The first kappa shape index (κ1) is 52.8. The Morgan fingerprint density at radius 2 is 0.804 bits per heavy atom. The van der Waals surface area contributed by atoms with Crippen molar-refractivity contribution in [2.75, 3.05) is 0 Å². The maximum atomic E-state index is 9.57. The van der Waals surface area contributed by atoms with Gasteiger partial charge in [-0.1, -0.05) is 153 Å². The van der Waals surface area contributed by atoms with Crippen LogP contribution in [-0.2, 0) is 34.2 Å². The van der Waals surface area contributed by atoms with Crippen LogP contribution < -0.4 is 0 Å². The molecule has 6 rings (SSSR count). The molecule has 0 unspecified atom stereocenters. The van der Waals surface area contributed by atoms with Crippen LogP contribution in [0.4, 0.5) is 0 Å². The van der Waals surface area contributed by atoms with Gasteiger partial charge in [-0.15, -0.1) is 56.9 Å². The Balaban J connectivity index is 0.000000703. The molecule has 0 aromatic heterocycles. The third-order valence-electron chi connectivity index (χ3n) is 9.65. The number of aryl methyl sites for hydroxylation is 6. The fraction of sp³-hybridized carbons (Fsp3) is 0.385. The molecule has 0 aliphatic rings. The summed E-state index contributed by atoms with van der Waals surface area (Å²) in [4.78, 5) is 0. The maximum absolute atomic E-state index is 9.57. The van der Waals surface area contributed by atoms with Gasteiger partial charge >= 0.3 is 30.2 Å². The molecule has 0 saturated carbocycles. The van der Waals surface area contributed by atoms with Crippen molar-refractivity contribution in [1.29, 1.82) is 0 Å². The summed E-state index contributed by atoms with van der Waals surface area (Å²) in [6, 6.07) is 29.8. The van der Waals surface area contributed by atoms with E-state index >= 15 is 0 Å². The molecular formula is C52H72O2SiZr-4. The second-order valence-corrected chi connectivity index (χ2v) is 17.6. The topological polar surface area (TPSA) is 40.5 Å². The Hall–Kier alpha value is -3.20. The fourth-order valence-electron chi connectivity index (χ4n) is 6.54. The van der Waals surface area contributed by atoms with E-state index < -0.39 is 0 Å². The Morgan fingerprint density at radius 3 is 1.05 bits per heavy atom. The summed E-state index contributed by atoms with van der Waals surface area (Å²) in [6.07, 6.45) is 0. The van der Waals surface area contributed by atoms with Gasteiger partial charge in [0.2, 0.25) is 0 Å². The number of hydrogen-bond donors (Lipinski definition) is 2. The van der Waals surface area contributed by atoms with Gasteiger partial charge in [-0.05, 0) is 73.6 Å². The van der Waals surface area contributed by atoms with Crippen LogP contribution in [0, 0.1) is 56.4 Å². The molecule has 2 radical (unpaired) electrons. The zero-order valence-corrected chi connectivity index (χ0v) is 41.6. The van der Waals surface area contributed by atoms with E-state index in [4.69, 9.17) is 0 Å². The molecule has 56 heavy (non-hydrogen) atoms. The summed E-state index contributed by atoms with van der Waals surface area (Å²) in [7, 11) is 0. The molecule has 0 amide bonds. The summed E-state index contributed by atoms with van der Waals surface area (Å²) in [5, 5.41) is 24.7. The van der Waals surface area contributed by atoms with Gasteiger partial charge in [-0.2, -0.15) is 12.1 Å².